The molecule has 28 heavy (non-hydrogen) atoms. The molecular formula is C18H18N6O3S. The van der Waals surface area contributed by atoms with Gasteiger partial charge in [-0.05, 0) is 11.8 Å². The molecule has 0 aliphatic carbocycles. The first-order valence-electron chi connectivity index (χ1n) is 8.54. The number of nitrogens with zero attached hydrogens (tertiary/aromatic N) is 6. The molecular weight excluding hydrogens is 380 g/mol. The maximum Gasteiger partial charge on any atom is 0.333 e. The molecule has 1 aliphatic rings. The van der Waals surface area contributed by atoms with Crippen molar-refractivity contribution in [1.82, 2.24) is 23.9 Å². The van der Waals surface area contributed by atoms with Gasteiger partial charge in [-0.15, -0.1) is 5.10 Å². The molecule has 0 radical (unpaired) electrons. The maximum absolute atomic E-state index is 12.7. The average molecular weight is 398 g/mol. The first kappa shape index (κ1) is 18.2. The van der Waals surface area contributed by atoms with Gasteiger partial charge >= 0.3 is 5.69 Å². The van der Waals surface area contributed by atoms with Gasteiger partial charge in [0.1, 0.15) is 5.56 Å². The second kappa shape index (κ2) is 6.79. The summed E-state index contributed by atoms with van der Waals surface area (Å²) in [6.07, 6.45) is 2.20. The van der Waals surface area contributed by atoms with Gasteiger partial charge in [0, 0.05) is 20.5 Å². The Morgan fingerprint density at radius 3 is 2.54 bits per heavy atom. The Balaban J connectivity index is 1.95. The molecule has 1 N–H and O–H groups in total. The van der Waals surface area contributed by atoms with Crippen molar-refractivity contribution in [2.75, 3.05) is 6.26 Å². The summed E-state index contributed by atoms with van der Waals surface area (Å²) in [6, 6.07) is 9.47. The van der Waals surface area contributed by atoms with Crippen molar-refractivity contribution in [3.63, 3.8) is 0 Å². The Kier molecular flexibility index (Phi) is 4.42. The van der Waals surface area contributed by atoms with E-state index in [4.69, 9.17) is 0 Å². The van der Waals surface area contributed by atoms with Crippen LogP contribution in [0.1, 0.15) is 23.6 Å². The first-order valence-corrected chi connectivity index (χ1v) is 9.77. The van der Waals surface area contributed by atoms with Crippen molar-refractivity contribution in [3.8, 4) is 5.88 Å². The number of aromatic nitrogens is 5. The molecule has 0 saturated carbocycles. The largest absolute Gasteiger partial charge is 0.494 e. The zero-order valence-electron chi connectivity index (χ0n) is 15.5. The summed E-state index contributed by atoms with van der Waals surface area (Å²) in [5.74, 6) is -0.0496. The van der Waals surface area contributed by atoms with E-state index in [1.165, 1.54) is 25.9 Å². The van der Waals surface area contributed by atoms with Gasteiger partial charge in [0.2, 0.25) is 17.0 Å². The zero-order chi connectivity index (χ0) is 20.0. The second-order valence-electron chi connectivity index (χ2n) is 6.44. The van der Waals surface area contributed by atoms with E-state index < -0.39 is 17.1 Å². The smallest absolute Gasteiger partial charge is 0.333 e. The van der Waals surface area contributed by atoms with E-state index in [2.05, 4.69) is 15.1 Å². The number of hydrogen-bond donors (Lipinski definition) is 1. The van der Waals surface area contributed by atoms with Crippen LogP contribution in [0.25, 0.3) is 0 Å². The normalized spacial score (nSPS) is 16.0. The highest BCUT2D eigenvalue weighted by atomic mass is 32.2. The van der Waals surface area contributed by atoms with Gasteiger partial charge < -0.3 is 5.11 Å². The third-order valence-electron chi connectivity index (χ3n) is 4.80. The van der Waals surface area contributed by atoms with Gasteiger partial charge in [-0.1, -0.05) is 42.1 Å². The standard InChI is InChI=1S/C18H18N6O3S/c1-22-14(25)13(15(26)23(2)18(22)27)11-9-12(10-7-5-4-6-8-10)24-16(19-11)20-17(21-24)28-3/h4-8,12,25H,9H2,1-3H3. The van der Waals surface area contributed by atoms with Crippen LogP contribution < -0.4 is 11.2 Å². The predicted molar refractivity (Wildman–Crippen MR) is 106 cm³/mol. The van der Waals surface area contributed by atoms with Crippen molar-refractivity contribution in [1.29, 1.82) is 0 Å². The van der Waals surface area contributed by atoms with Crippen molar-refractivity contribution in [2.24, 2.45) is 19.1 Å². The van der Waals surface area contributed by atoms with E-state index in [-0.39, 0.29) is 11.6 Å². The first-order chi connectivity index (χ1) is 13.4. The third kappa shape index (κ3) is 2.76. The minimum absolute atomic E-state index is 0.00508. The number of rotatable bonds is 3. The molecule has 0 bridgehead atoms. The highest BCUT2D eigenvalue weighted by molar-refractivity contribution is 7.98. The Hall–Kier alpha value is -3.14. The van der Waals surface area contributed by atoms with E-state index in [9.17, 15) is 14.7 Å². The Labute approximate surface area is 164 Å². The van der Waals surface area contributed by atoms with Gasteiger partial charge in [-0.25, -0.2) is 14.5 Å². The van der Waals surface area contributed by atoms with Crippen molar-refractivity contribution in [3.05, 3.63) is 62.3 Å². The minimum atomic E-state index is -0.602. The fourth-order valence-electron chi connectivity index (χ4n) is 3.28. The van der Waals surface area contributed by atoms with E-state index in [1.54, 1.807) is 4.68 Å². The highest BCUT2D eigenvalue weighted by Gasteiger charge is 2.31. The number of fused-ring (bicyclic) bond motifs is 1. The van der Waals surface area contributed by atoms with Crippen LogP contribution in [0.2, 0.25) is 0 Å². The summed E-state index contributed by atoms with van der Waals surface area (Å²) in [6.45, 7) is 0. The average Bonchev–Trinajstić information content (AvgIpc) is 3.14. The van der Waals surface area contributed by atoms with Crippen LogP contribution in [0.3, 0.4) is 0 Å². The number of aromatic hydroxyl groups is 1. The molecule has 3 heterocycles. The van der Waals surface area contributed by atoms with Gasteiger partial charge in [0.25, 0.3) is 5.56 Å². The summed E-state index contributed by atoms with van der Waals surface area (Å²) >= 11 is 1.40. The third-order valence-corrected chi connectivity index (χ3v) is 5.34. The van der Waals surface area contributed by atoms with E-state index in [1.807, 2.05) is 36.6 Å². The number of benzene rings is 1. The molecule has 1 unspecified atom stereocenters. The molecule has 10 heteroatoms. The molecule has 2 aromatic heterocycles. The monoisotopic (exact) mass is 398 g/mol. The zero-order valence-corrected chi connectivity index (χ0v) is 16.3. The lowest BCUT2D eigenvalue weighted by Gasteiger charge is -2.24. The fourth-order valence-corrected chi connectivity index (χ4v) is 3.62. The van der Waals surface area contributed by atoms with E-state index in [0.29, 0.717) is 23.2 Å². The number of aliphatic imine (C=N–C) groups is 1. The van der Waals surface area contributed by atoms with Crippen LogP contribution in [-0.2, 0) is 14.1 Å². The molecule has 0 fully saturated rings. The molecule has 0 amide bonds. The molecule has 4 rings (SSSR count). The van der Waals surface area contributed by atoms with Gasteiger partial charge in [0.15, 0.2) is 0 Å². The fraction of sp³-hybridized carbons (Fsp3) is 0.278. The number of hydrogen-bond acceptors (Lipinski definition) is 7. The molecule has 0 spiro atoms. The van der Waals surface area contributed by atoms with Crippen LogP contribution in [0, 0.1) is 0 Å². The van der Waals surface area contributed by atoms with Gasteiger partial charge in [0.05, 0.1) is 11.8 Å². The van der Waals surface area contributed by atoms with Gasteiger partial charge in [-0.3, -0.25) is 13.9 Å². The summed E-state index contributed by atoms with van der Waals surface area (Å²) in [5, 5.41) is 15.6. The Bertz CT molecular complexity index is 1210. The van der Waals surface area contributed by atoms with Crippen molar-refractivity contribution in [2.45, 2.75) is 17.6 Å². The highest BCUT2D eigenvalue weighted by Crippen LogP contribution is 2.34. The molecule has 3 aromatic rings. The SMILES string of the molecule is CSc1nc2n(n1)C(c1ccccc1)CC(c1c(O)n(C)c(=O)n(C)c1=O)=N2. The summed E-state index contributed by atoms with van der Waals surface area (Å²) in [5.41, 5.74) is 0.162. The topological polar surface area (TPSA) is 107 Å². The molecule has 0 saturated heterocycles. The number of thioether (sulfide) groups is 1. The molecule has 144 valence electrons. The van der Waals surface area contributed by atoms with Crippen molar-refractivity contribution < 1.29 is 5.11 Å². The lowest BCUT2D eigenvalue weighted by atomic mass is 9.97. The van der Waals surface area contributed by atoms with Crippen LogP contribution in [0.15, 0.2) is 50.1 Å². The predicted octanol–water partition coefficient (Wildman–Crippen LogP) is 1.22. The van der Waals surface area contributed by atoms with Crippen LogP contribution in [-0.4, -0.2) is 41.0 Å². The summed E-state index contributed by atoms with van der Waals surface area (Å²) in [4.78, 5) is 33.7. The lowest BCUT2D eigenvalue weighted by Crippen LogP contribution is -2.40. The second-order valence-corrected chi connectivity index (χ2v) is 7.21. The summed E-state index contributed by atoms with van der Waals surface area (Å²) in [7, 11) is 2.78. The summed E-state index contributed by atoms with van der Waals surface area (Å²) < 4.78 is 3.72. The van der Waals surface area contributed by atoms with Crippen LogP contribution >= 0.6 is 11.8 Å². The van der Waals surface area contributed by atoms with Crippen LogP contribution in [0.5, 0.6) is 5.88 Å². The minimum Gasteiger partial charge on any atom is -0.494 e. The molecule has 9 nitrogen and oxygen atoms in total. The quantitative estimate of drug-likeness (QED) is 0.665. The Morgan fingerprint density at radius 1 is 1.14 bits per heavy atom. The Morgan fingerprint density at radius 2 is 1.86 bits per heavy atom. The van der Waals surface area contributed by atoms with E-state index >= 15 is 0 Å². The molecule has 1 aliphatic heterocycles. The molecule has 1 atom stereocenters. The lowest BCUT2D eigenvalue weighted by molar-refractivity contribution is 0.409. The van der Waals surface area contributed by atoms with E-state index in [0.717, 1.165) is 14.7 Å². The van der Waals surface area contributed by atoms with Gasteiger partial charge in [-0.2, -0.15) is 4.98 Å². The maximum atomic E-state index is 12.7. The van der Waals surface area contributed by atoms with Crippen molar-refractivity contribution >= 4 is 23.4 Å². The molecule has 1 aromatic carbocycles. The van der Waals surface area contributed by atoms with Crippen LogP contribution in [0.4, 0.5) is 5.95 Å².